The van der Waals surface area contributed by atoms with E-state index < -0.39 is 0 Å². The molecule has 1 saturated carbocycles. The van der Waals surface area contributed by atoms with Crippen molar-refractivity contribution < 1.29 is 0 Å². The van der Waals surface area contributed by atoms with Crippen molar-refractivity contribution in [3.8, 4) is 11.3 Å². The molecule has 1 aromatic heterocycles. The Morgan fingerprint density at radius 1 is 1.15 bits per heavy atom. The van der Waals surface area contributed by atoms with Crippen molar-refractivity contribution in [3.05, 3.63) is 35.7 Å². The highest BCUT2D eigenvalue weighted by Crippen LogP contribution is 2.40. The summed E-state index contributed by atoms with van der Waals surface area (Å²) in [6.45, 7) is 8.47. The summed E-state index contributed by atoms with van der Waals surface area (Å²) in [6, 6.07) is 8.74. The van der Waals surface area contributed by atoms with Crippen LogP contribution in [0.4, 0.5) is 5.82 Å². The molecule has 1 aromatic carbocycles. The van der Waals surface area contributed by atoms with Gasteiger partial charge in [0, 0.05) is 11.1 Å². The van der Waals surface area contributed by atoms with Crippen molar-refractivity contribution in [1.82, 2.24) is 9.55 Å². The minimum atomic E-state index is -0.0482. The molecule has 1 aliphatic carbocycles. The fraction of sp³-hybridized carbons (Fsp3) is 0.471. The summed E-state index contributed by atoms with van der Waals surface area (Å²) in [7, 11) is 0. The number of rotatable bonds is 2. The second-order valence-electron chi connectivity index (χ2n) is 6.80. The Balaban J connectivity index is 2.01. The highest BCUT2D eigenvalue weighted by Gasteiger charge is 2.25. The van der Waals surface area contributed by atoms with Crippen LogP contribution in [0, 0.1) is 6.92 Å². The van der Waals surface area contributed by atoms with Crippen LogP contribution >= 0.6 is 0 Å². The Morgan fingerprint density at radius 2 is 1.75 bits per heavy atom. The van der Waals surface area contributed by atoms with Gasteiger partial charge in [-0.05, 0) is 52.0 Å². The standard InChI is InChI=1S/C17H23N3/c1-11-19-15(16(18)20(11)17(2,3)4)14-9-7-13(8-10-14)12-5-6-12/h7-10,12H,5-6,18H2,1-4H3. The van der Waals surface area contributed by atoms with Crippen LogP contribution in [0.15, 0.2) is 24.3 Å². The smallest absolute Gasteiger partial charge is 0.132 e. The van der Waals surface area contributed by atoms with Crippen molar-refractivity contribution in [3.63, 3.8) is 0 Å². The number of nitrogens with two attached hydrogens (primary N) is 1. The lowest BCUT2D eigenvalue weighted by Gasteiger charge is -2.24. The van der Waals surface area contributed by atoms with Crippen molar-refractivity contribution in [2.45, 2.75) is 52.0 Å². The second kappa shape index (κ2) is 4.37. The molecule has 0 saturated heterocycles. The van der Waals surface area contributed by atoms with Crippen LogP contribution in [0.5, 0.6) is 0 Å². The molecule has 2 N–H and O–H groups in total. The Kier molecular flexibility index (Phi) is 2.89. The van der Waals surface area contributed by atoms with Gasteiger partial charge >= 0.3 is 0 Å². The van der Waals surface area contributed by atoms with E-state index in [0.717, 1.165) is 28.8 Å². The van der Waals surface area contributed by atoms with E-state index in [1.807, 2.05) is 6.92 Å². The first-order valence-corrected chi connectivity index (χ1v) is 7.33. The third-order valence-corrected chi connectivity index (χ3v) is 3.98. The molecule has 0 amide bonds. The van der Waals surface area contributed by atoms with Gasteiger partial charge in [-0.15, -0.1) is 0 Å². The molecular formula is C17H23N3. The summed E-state index contributed by atoms with van der Waals surface area (Å²) in [4.78, 5) is 4.67. The normalized spacial score (nSPS) is 15.6. The molecule has 3 nitrogen and oxygen atoms in total. The molecule has 0 aliphatic heterocycles. The summed E-state index contributed by atoms with van der Waals surface area (Å²) in [5, 5.41) is 0. The van der Waals surface area contributed by atoms with Crippen molar-refractivity contribution in [1.29, 1.82) is 0 Å². The first-order valence-electron chi connectivity index (χ1n) is 7.33. The number of imidazole rings is 1. The van der Waals surface area contributed by atoms with Gasteiger partial charge in [0.1, 0.15) is 17.3 Å². The number of nitrogens with zero attached hydrogens (tertiary/aromatic N) is 2. The quantitative estimate of drug-likeness (QED) is 0.893. The lowest BCUT2D eigenvalue weighted by molar-refractivity contribution is 0.393. The molecule has 3 rings (SSSR count). The molecule has 1 fully saturated rings. The number of aromatic nitrogens is 2. The minimum Gasteiger partial charge on any atom is -0.383 e. The van der Waals surface area contributed by atoms with E-state index >= 15 is 0 Å². The second-order valence-corrected chi connectivity index (χ2v) is 6.80. The molecule has 0 unspecified atom stereocenters. The SMILES string of the molecule is Cc1nc(-c2ccc(C3CC3)cc2)c(N)n1C(C)(C)C. The predicted octanol–water partition coefficient (Wildman–Crippen LogP) is 4.07. The first-order chi connectivity index (χ1) is 9.38. The number of aryl methyl sites for hydroxylation is 1. The van der Waals surface area contributed by atoms with Crippen LogP contribution in [0.25, 0.3) is 11.3 Å². The van der Waals surface area contributed by atoms with Gasteiger partial charge in [-0.25, -0.2) is 4.98 Å². The number of benzene rings is 1. The van der Waals surface area contributed by atoms with Gasteiger partial charge in [-0.2, -0.15) is 0 Å². The molecular weight excluding hydrogens is 246 g/mol. The van der Waals surface area contributed by atoms with Crippen LogP contribution in [-0.4, -0.2) is 9.55 Å². The van der Waals surface area contributed by atoms with Crippen LogP contribution in [0.2, 0.25) is 0 Å². The van der Waals surface area contributed by atoms with Crippen LogP contribution in [0.1, 0.15) is 50.9 Å². The van der Waals surface area contributed by atoms with Gasteiger partial charge in [0.05, 0.1) is 0 Å². The Hall–Kier alpha value is -1.77. The summed E-state index contributed by atoms with van der Waals surface area (Å²) in [5.41, 5.74) is 9.74. The fourth-order valence-electron chi connectivity index (χ4n) is 2.94. The highest BCUT2D eigenvalue weighted by molar-refractivity contribution is 5.71. The first kappa shape index (κ1) is 13.2. The molecule has 1 aliphatic rings. The van der Waals surface area contributed by atoms with Gasteiger partial charge < -0.3 is 10.3 Å². The van der Waals surface area contributed by atoms with Gasteiger partial charge in [0.15, 0.2) is 0 Å². The van der Waals surface area contributed by atoms with E-state index in [0.29, 0.717) is 0 Å². The summed E-state index contributed by atoms with van der Waals surface area (Å²) in [6.07, 6.45) is 2.67. The third-order valence-electron chi connectivity index (χ3n) is 3.98. The van der Waals surface area contributed by atoms with E-state index in [-0.39, 0.29) is 5.54 Å². The van der Waals surface area contributed by atoms with E-state index in [2.05, 4.69) is 54.6 Å². The molecule has 1 heterocycles. The predicted molar refractivity (Wildman–Crippen MR) is 83.8 cm³/mol. The Bertz CT molecular complexity index is 625. The number of nitrogen functional groups attached to an aromatic ring is 1. The van der Waals surface area contributed by atoms with Crippen LogP contribution in [-0.2, 0) is 5.54 Å². The Morgan fingerprint density at radius 3 is 2.20 bits per heavy atom. The van der Waals surface area contributed by atoms with E-state index in [1.54, 1.807) is 0 Å². The molecule has 0 radical (unpaired) electrons. The topological polar surface area (TPSA) is 43.8 Å². The molecule has 20 heavy (non-hydrogen) atoms. The van der Waals surface area contributed by atoms with Crippen molar-refractivity contribution in [2.24, 2.45) is 0 Å². The zero-order valence-electron chi connectivity index (χ0n) is 12.8. The average molecular weight is 269 g/mol. The zero-order valence-corrected chi connectivity index (χ0v) is 12.8. The summed E-state index contributed by atoms with van der Waals surface area (Å²) < 4.78 is 2.11. The lowest BCUT2D eigenvalue weighted by Crippen LogP contribution is -2.24. The van der Waals surface area contributed by atoms with Crippen molar-refractivity contribution >= 4 is 5.82 Å². The van der Waals surface area contributed by atoms with Crippen LogP contribution in [0.3, 0.4) is 0 Å². The molecule has 3 heteroatoms. The minimum absolute atomic E-state index is 0.0482. The van der Waals surface area contributed by atoms with E-state index in [1.165, 1.54) is 18.4 Å². The zero-order chi connectivity index (χ0) is 14.5. The largest absolute Gasteiger partial charge is 0.383 e. The van der Waals surface area contributed by atoms with E-state index in [9.17, 15) is 0 Å². The highest BCUT2D eigenvalue weighted by atomic mass is 15.2. The van der Waals surface area contributed by atoms with E-state index in [4.69, 9.17) is 5.73 Å². The molecule has 0 atom stereocenters. The number of hydrogen-bond donors (Lipinski definition) is 1. The maximum Gasteiger partial charge on any atom is 0.132 e. The van der Waals surface area contributed by atoms with Crippen LogP contribution < -0.4 is 5.73 Å². The van der Waals surface area contributed by atoms with Gasteiger partial charge in [0.2, 0.25) is 0 Å². The van der Waals surface area contributed by atoms with Gasteiger partial charge in [0.25, 0.3) is 0 Å². The maximum atomic E-state index is 6.33. The van der Waals surface area contributed by atoms with Gasteiger partial charge in [-0.3, -0.25) is 0 Å². The molecule has 0 spiro atoms. The van der Waals surface area contributed by atoms with Crippen molar-refractivity contribution in [2.75, 3.05) is 5.73 Å². The monoisotopic (exact) mass is 269 g/mol. The summed E-state index contributed by atoms with van der Waals surface area (Å²) >= 11 is 0. The summed E-state index contributed by atoms with van der Waals surface area (Å²) in [5.74, 6) is 2.51. The molecule has 0 bridgehead atoms. The van der Waals surface area contributed by atoms with Gasteiger partial charge in [-0.1, -0.05) is 24.3 Å². The fourth-order valence-corrected chi connectivity index (χ4v) is 2.94. The molecule has 106 valence electrons. The maximum absolute atomic E-state index is 6.33. The Labute approximate surface area is 120 Å². The number of hydrogen-bond acceptors (Lipinski definition) is 2. The number of anilines is 1. The average Bonchev–Trinajstić information content (AvgIpc) is 3.14. The third kappa shape index (κ3) is 2.21. The lowest BCUT2D eigenvalue weighted by atomic mass is 10.1. The molecule has 2 aromatic rings.